The van der Waals surface area contributed by atoms with Gasteiger partial charge in [-0.3, -0.25) is 4.68 Å². The lowest BCUT2D eigenvalue weighted by Crippen LogP contribution is -2.51. The lowest BCUT2D eigenvalue weighted by Gasteiger charge is -2.36. The van der Waals surface area contributed by atoms with Gasteiger partial charge in [0.1, 0.15) is 0 Å². The fourth-order valence-corrected chi connectivity index (χ4v) is 4.00. The second-order valence-electron chi connectivity index (χ2n) is 7.98. The van der Waals surface area contributed by atoms with E-state index >= 15 is 0 Å². The van der Waals surface area contributed by atoms with Crippen LogP contribution in [0, 0.1) is 11.3 Å². The van der Waals surface area contributed by atoms with E-state index in [0.717, 1.165) is 6.54 Å². The maximum Gasteiger partial charge on any atom is 0.317 e. The first-order valence-corrected chi connectivity index (χ1v) is 9.14. The molecule has 6 nitrogen and oxygen atoms in total. The third kappa shape index (κ3) is 4.72. The van der Waals surface area contributed by atoms with Crippen molar-refractivity contribution < 1.29 is 9.53 Å². The van der Waals surface area contributed by atoms with Gasteiger partial charge in [0.2, 0.25) is 0 Å². The average Bonchev–Trinajstić information content (AvgIpc) is 3.05. The van der Waals surface area contributed by atoms with Gasteiger partial charge in [0, 0.05) is 25.5 Å². The van der Waals surface area contributed by atoms with Gasteiger partial charge in [0.05, 0.1) is 25.8 Å². The van der Waals surface area contributed by atoms with Gasteiger partial charge in [-0.25, -0.2) is 4.79 Å². The number of nitrogens with zero attached hydrogens (tertiary/aromatic N) is 3. The summed E-state index contributed by atoms with van der Waals surface area (Å²) < 4.78 is 7.63. The molecular formula is C18H30N4O2. The number of hydrogen-bond donors (Lipinski definition) is 1. The Kier molecular flexibility index (Phi) is 5.43. The zero-order chi connectivity index (χ0) is 17.0. The van der Waals surface area contributed by atoms with Gasteiger partial charge in [-0.2, -0.15) is 5.10 Å². The van der Waals surface area contributed by atoms with E-state index in [9.17, 15) is 4.79 Å². The highest BCUT2D eigenvalue weighted by molar-refractivity contribution is 5.74. The minimum absolute atomic E-state index is 0.0120. The quantitative estimate of drug-likeness (QED) is 0.920. The van der Waals surface area contributed by atoms with Crippen molar-refractivity contribution in [3.63, 3.8) is 0 Å². The van der Waals surface area contributed by atoms with Crippen LogP contribution < -0.4 is 5.32 Å². The Morgan fingerprint density at radius 1 is 1.46 bits per heavy atom. The standard InChI is InChI=1S/C18H30N4O2/c1-18(2)6-3-5-15(11-18)12-19-17(23)21-9-10-24-16(13-21)14-22-8-4-7-20-22/h4,7-8,15-16H,3,5-6,9-14H2,1-2H3,(H,19,23). The Balaban J connectivity index is 1.44. The molecule has 0 bridgehead atoms. The third-order valence-corrected chi connectivity index (χ3v) is 5.23. The second-order valence-corrected chi connectivity index (χ2v) is 7.98. The molecule has 2 atom stereocenters. The number of hydrogen-bond acceptors (Lipinski definition) is 3. The van der Waals surface area contributed by atoms with E-state index in [-0.39, 0.29) is 12.1 Å². The van der Waals surface area contributed by atoms with Crippen LogP contribution in [-0.2, 0) is 11.3 Å². The topological polar surface area (TPSA) is 59.4 Å². The van der Waals surface area contributed by atoms with Crippen molar-refractivity contribution in [1.82, 2.24) is 20.0 Å². The first-order chi connectivity index (χ1) is 11.5. The first-order valence-electron chi connectivity index (χ1n) is 9.14. The number of carbonyl (C=O) groups excluding carboxylic acids is 1. The molecule has 2 amide bonds. The highest BCUT2D eigenvalue weighted by Gasteiger charge is 2.29. The zero-order valence-electron chi connectivity index (χ0n) is 14.9. The molecule has 3 rings (SSSR count). The van der Waals surface area contributed by atoms with Crippen LogP contribution in [0.3, 0.4) is 0 Å². The molecule has 1 aliphatic carbocycles. The van der Waals surface area contributed by atoms with Crippen molar-refractivity contribution in [3.05, 3.63) is 18.5 Å². The molecule has 2 fully saturated rings. The summed E-state index contributed by atoms with van der Waals surface area (Å²) in [6.07, 6.45) is 8.71. The van der Waals surface area contributed by atoms with E-state index in [1.807, 2.05) is 21.8 Å². The van der Waals surface area contributed by atoms with Crippen LogP contribution in [0.1, 0.15) is 39.5 Å². The summed E-state index contributed by atoms with van der Waals surface area (Å²) in [4.78, 5) is 14.4. The highest BCUT2D eigenvalue weighted by atomic mass is 16.5. The Morgan fingerprint density at radius 2 is 2.33 bits per heavy atom. The number of morpholine rings is 1. The number of amides is 2. The number of aromatic nitrogens is 2. The van der Waals surface area contributed by atoms with Crippen LogP contribution in [0.2, 0.25) is 0 Å². The molecule has 1 aliphatic heterocycles. The molecule has 1 saturated carbocycles. The van der Waals surface area contributed by atoms with Gasteiger partial charge in [0.25, 0.3) is 0 Å². The van der Waals surface area contributed by atoms with E-state index in [2.05, 4.69) is 24.3 Å². The molecule has 1 aromatic rings. The monoisotopic (exact) mass is 334 g/mol. The van der Waals surface area contributed by atoms with E-state index in [4.69, 9.17) is 4.74 Å². The van der Waals surface area contributed by atoms with E-state index in [1.54, 1.807) is 6.20 Å². The fraction of sp³-hybridized carbons (Fsp3) is 0.778. The van der Waals surface area contributed by atoms with Crippen LogP contribution in [0.5, 0.6) is 0 Å². The van der Waals surface area contributed by atoms with E-state index in [0.29, 0.717) is 37.6 Å². The Hall–Kier alpha value is -1.56. The zero-order valence-corrected chi connectivity index (χ0v) is 14.9. The van der Waals surface area contributed by atoms with Gasteiger partial charge in [-0.15, -0.1) is 0 Å². The van der Waals surface area contributed by atoms with Crippen molar-refractivity contribution in [3.8, 4) is 0 Å². The minimum atomic E-state index is 0.0120. The number of ether oxygens (including phenoxy) is 1. The summed E-state index contributed by atoms with van der Waals surface area (Å²) in [5, 5.41) is 7.36. The minimum Gasteiger partial charge on any atom is -0.373 e. The molecular weight excluding hydrogens is 304 g/mol. The number of nitrogens with one attached hydrogen (secondary N) is 1. The number of urea groups is 1. The predicted octanol–water partition coefficient (Wildman–Crippen LogP) is 2.51. The molecule has 2 unspecified atom stereocenters. The van der Waals surface area contributed by atoms with Crippen LogP contribution >= 0.6 is 0 Å². The van der Waals surface area contributed by atoms with Crippen LogP contribution in [0.15, 0.2) is 18.5 Å². The number of rotatable bonds is 4. The van der Waals surface area contributed by atoms with Crippen LogP contribution in [0.4, 0.5) is 4.79 Å². The summed E-state index contributed by atoms with van der Waals surface area (Å²) in [5.41, 5.74) is 0.418. The van der Waals surface area contributed by atoms with Gasteiger partial charge in [0.15, 0.2) is 0 Å². The number of carbonyl (C=O) groups is 1. The van der Waals surface area contributed by atoms with Gasteiger partial charge >= 0.3 is 6.03 Å². The maximum atomic E-state index is 12.5. The van der Waals surface area contributed by atoms with Crippen LogP contribution in [0.25, 0.3) is 0 Å². The Morgan fingerprint density at radius 3 is 3.08 bits per heavy atom. The maximum absolute atomic E-state index is 12.5. The van der Waals surface area contributed by atoms with E-state index in [1.165, 1.54) is 25.7 Å². The Labute approximate surface area is 144 Å². The highest BCUT2D eigenvalue weighted by Crippen LogP contribution is 2.38. The summed E-state index contributed by atoms with van der Waals surface area (Å²) >= 11 is 0. The van der Waals surface area contributed by atoms with Crippen LogP contribution in [-0.4, -0.2) is 53.1 Å². The van der Waals surface area contributed by atoms with Gasteiger partial charge in [-0.05, 0) is 36.7 Å². The largest absolute Gasteiger partial charge is 0.373 e. The molecule has 1 aromatic heterocycles. The molecule has 6 heteroatoms. The molecule has 1 N–H and O–H groups in total. The third-order valence-electron chi connectivity index (χ3n) is 5.23. The molecule has 0 radical (unpaired) electrons. The van der Waals surface area contributed by atoms with E-state index < -0.39 is 0 Å². The lowest BCUT2D eigenvalue weighted by molar-refractivity contribution is -0.0239. The van der Waals surface area contributed by atoms with Gasteiger partial charge in [-0.1, -0.05) is 20.3 Å². The van der Waals surface area contributed by atoms with Crippen molar-refractivity contribution in [2.24, 2.45) is 11.3 Å². The van der Waals surface area contributed by atoms with Crippen molar-refractivity contribution in [2.45, 2.75) is 52.2 Å². The smallest absolute Gasteiger partial charge is 0.317 e. The molecule has 0 aromatic carbocycles. The summed E-state index contributed by atoms with van der Waals surface area (Å²) in [6.45, 7) is 8.04. The summed E-state index contributed by atoms with van der Waals surface area (Å²) in [5.74, 6) is 0.610. The summed E-state index contributed by atoms with van der Waals surface area (Å²) in [6, 6.07) is 1.95. The molecule has 0 spiro atoms. The SMILES string of the molecule is CC1(C)CCCC(CNC(=O)N2CCOC(Cn3cccn3)C2)C1. The molecule has 1 saturated heterocycles. The second kappa shape index (κ2) is 7.55. The average molecular weight is 334 g/mol. The van der Waals surface area contributed by atoms with Crippen molar-refractivity contribution >= 4 is 6.03 Å². The first kappa shape index (κ1) is 17.3. The molecule has 2 aliphatic rings. The molecule has 2 heterocycles. The molecule has 134 valence electrons. The lowest BCUT2D eigenvalue weighted by atomic mass is 9.72. The Bertz CT molecular complexity index is 529. The fourth-order valence-electron chi connectivity index (χ4n) is 4.00. The normalized spacial score (nSPS) is 27.0. The van der Waals surface area contributed by atoms with Crippen molar-refractivity contribution in [1.29, 1.82) is 0 Å². The molecule has 24 heavy (non-hydrogen) atoms. The predicted molar refractivity (Wildman–Crippen MR) is 92.7 cm³/mol. The van der Waals surface area contributed by atoms with Gasteiger partial charge < -0.3 is 15.0 Å². The summed E-state index contributed by atoms with van der Waals surface area (Å²) in [7, 11) is 0. The van der Waals surface area contributed by atoms with Crippen molar-refractivity contribution in [2.75, 3.05) is 26.2 Å².